The van der Waals surface area contributed by atoms with E-state index in [0.717, 1.165) is 12.8 Å². The summed E-state index contributed by atoms with van der Waals surface area (Å²) in [5.74, 6) is -0.108. The SMILES string of the molecule is CCN(CC)S(=O)(=O)c1cccc(NC(=O)CN2C(C)CCCC2C)c1. The minimum atomic E-state index is -3.53. The Morgan fingerprint density at radius 1 is 1.19 bits per heavy atom. The molecule has 0 radical (unpaired) electrons. The van der Waals surface area contributed by atoms with Crippen molar-refractivity contribution in [3.8, 4) is 0 Å². The second-order valence-electron chi connectivity index (χ2n) is 6.97. The van der Waals surface area contributed by atoms with Crippen molar-refractivity contribution in [2.75, 3.05) is 25.0 Å². The van der Waals surface area contributed by atoms with Crippen molar-refractivity contribution in [3.63, 3.8) is 0 Å². The molecule has 1 aromatic rings. The molecule has 0 spiro atoms. The molecule has 1 heterocycles. The monoisotopic (exact) mass is 381 g/mol. The summed E-state index contributed by atoms with van der Waals surface area (Å²) in [5, 5.41) is 2.85. The molecule has 0 bridgehead atoms. The summed E-state index contributed by atoms with van der Waals surface area (Å²) in [7, 11) is -3.53. The van der Waals surface area contributed by atoms with Crippen LogP contribution >= 0.6 is 0 Å². The average Bonchev–Trinajstić information content (AvgIpc) is 2.59. The van der Waals surface area contributed by atoms with Crippen molar-refractivity contribution < 1.29 is 13.2 Å². The Balaban J connectivity index is 2.09. The number of sulfonamides is 1. The second kappa shape index (κ2) is 8.97. The Bertz CT molecular complexity index is 706. The van der Waals surface area contributed by atoms with Gasteiger partial charge in [-0.25, -0.2) is 8.42 Å². The zero-order chi connectivity index (χ0) is 19.3. The van der Waals surface area contributed by atoms with Crippen molar-refractivity contribution >= 4 is 21.6 Å². The molecule has 1 amide bonds. The molecule has 1 aliphatic heterocycles. The number of rotatable bonds is 7. The highest BCUT2D eigenvalue weighted by Gasteiger charge is 2.26. The number of benzene rings is 1. The zero-order valence-electron chi connectivity index (χ0n) is 16.2. The Morgan fingerprint density at radius 2 is 1.81 bits per heavy atom. The van der Waals surface area contributed by atoms with Crippen LogP contribution in [0.15, 0.2) is 29.2 Å². The first-order chi connectivity index (χ1) is 12.3. The fraction of sp³-hybridized carbons (Fsp3) is 0.632. The number of piperidine rings is 1. The number of hydrogen-bond acceptors (Lipinski definition) is 4. The molecular weight excluding hydrogens is 350 g/mol. The van der Waals surface area contributed by atoms with E-state index in [-0.39, 0.29) is 10.8 Å². The van der Waals surface area contributed by atoms with Crippen molar-refractivity contribution in [2.24, 2.45) is 0 Å². The van der Waals surface area contributed by atoms with Crippen LogP contribution in [0.2, 0.25) is 0 Å². The predicted molar refractivity (Wildman–Crippen MR) is 105 cm³/mol. The summed E-state index contributed by atoms with van der Waals surface area (Å²) in [4.78, 5) is 14.9. The normalized spacial score (nSPS) is 21.7. The van der Waals surface area contributed by atoms with E-state index < -0.39 is 10.0 Å². The maximum Gasteiger partial charge on any atom is 0.243 e. The van der Waals surface area contributed by atoms with Gasteiger partial charge in [0, 0.05) is 30.9 Å². The zero-order valence-corrected chi connectivity index (χ0v) is 17.1. The van der Waals surface area contributed by atoms with Crippen LogP contribution in [-0.2, 0) is 14.8 Å². The molecule has 2 atom stereocenters. The van der Waals surface area contributed by atoms with E-state index in [1.165, 1.54) is 16.8 Å². The van der Waals surface area contributed by atoms with Gasteiger partial charge in [0.1, 0.15) is 0 Å². The van der Waals surface area contributed by atoms with Gasteiger partial charge in [-0.2, -0.15) is 4.31 Å². The van der Waals surface area contributed by atoms with E-state index in [1.54, 1.807) is 18.2 Å². The van der Waals surface area contributed by atoms with E-state index in [2.05, 4.69) is 24.1 Å². The van der Waals surface area contributed by atoms with Crippen LogP contribution in [0.4, 0.5) is 5.69 Å². The number of hydrogen-bond donors (Lipinski definition) is 1. The number of carbonyl (C=O) groups is 1. The Morgan fingerprint density at radius 3 is 2.38 bits per heavy atom. The summed E-state index contributed by atoms with van der Waals surface area (Å²) in [6, 6.07) is 7.27. The molecule has 146 valence electrons. The number of nitrogens with zero attached hydrogens (tertiary/aromatic N) is 2. The quantitative estimate of drug-likeness (QED) is 0.788. The first-order valence-corrected chi connectivity index (χ1v) is 10.9. The smallest absolute Gasteiger partial charge is 0.243 e. The van der Waals surface area contributed by atoms with E-state index >= 15 is 0 Å². The molecule has 1 aliphatic rings. The molecule has 6 nitrogen and oxygen atoms in total. The van der Waals surface area contributed by atoms with Crippen molar-refractivity contribution in [1.82, 2.24) is 9.21 Å². The highest BCUT2D eigenvalue weighted by Crippen LogP contribution is 2.23. The topological polar surface area (TPSA) is 69.7 Å². The minimum Gasteiger partial charge on any atom is -0.325 e. The van der Waals surface area contributed by atoms with Crippen LogP contribution < -0.4 is 5.32 Å². The van der Waals surface area contributed by atoms with Crippen molar-refractivity contribution in [1.29, 1.82) is 0 Å². The summed E-state index contributed by atoms with van der Waals surface area (Å²) >= 11 is 0. The van der Waals surface area contributed by atoms with Crippen LogP contribution in [0.25, 0.3) is 0 Å². The summed E-state index contributed by atoms with van der Waals surface area (Å²) in [6.45, 7) is 9.09. The average molecular weight is 382 g/mol. The fourth-order valence-electron chi connectivity index (χ4n) is 3.60. The lowest BCUT2D eigenvalue weighted by molar-refractivity contribution is -0.118. The van der Waals surface area contributed by atoms with E-state index in [1.807, 2.05) is 13.8 Å². The van der Waals surface area contributed by atoms with E-state index in [9.17, 15) is 13.2 Å². The number of amides is 1. The van der Waals surface area contributed by atoms with Gasteiger partial charge in [-0.3, -0.25) is 9.69 Å². The van der Waals surface area contributed by atoms with Crippen molar-refractivity contribution in [3.05, 3.63) is 24.3 Å². The lowest BCUT2D eigenvalue weighted by atomic mass is 9.97. The standard InChI is InChI=1S/C19H31N3O3S/c1-5-21(6-2)26(24,25)18-12-8-11-17(13-18)20-19(23)14-22-15(3)9-7-10-16(22)4/h8,11-13,15-16H,5-7,9-10,14H2,1-4H3,(H,20,23). The Labute approximate surface area is 157 Å². The van der Waals surface area contributed by atoms with Gasteiger partial charge in [0.05, 0.1) is 11.4 Å². The Kier molecular flexibility index (Phi) is 7.20. The first kappa shape index (κ1) is 20.9. The number of nitrogens with one attached hydrogen (secondary N) is 1. The molecular formula is C19H31N3O3S. The molecule has 7 heteroatoms. The summed E-state index contributed by atoms with van der Waals surface area (Å²) in [5.41, 5.74) is 0.514. The number of anilines is 1. The maximum absolute atomic E-state index is 12.6. The maximum atomic E-state index is 12.6. The Hall–Kier alpha value is -1.44. The number of likely N-dealkylation sites (tertiary alicyclic amines) is 1. The minimum absolute atomic E-state index is 0.108. The van der Waals surface area contributed by atoms with Crippen LogP contribution in [0, 0.1) is 0 Å². The van der Waals surface area contributed by atoms with E-state index in [4.69, 9.17) is 0 Å². The van der Waals surface area contributed by atoms with Crippen LogP contribution in [-0.4, -0.2) is 55.2 Å². The molecule has 2 rings (SSSR count). The molecule has 0 saturated carbocycles. The van der Waals surface area contributed by atoms with Gasteiger partial charge in [-0.15, -0.1) is 0 Å². The first-order valence-electron chi connectivity index (χ1n) is 9.45. The van der Waals surface area contributed by atoms with Crippen LogP contribution in [0.3, 0.4) is 0 Å². The van der Waals surface area contributed by atoms with Crippen LogP contribution in [0.5, 0.6) is 0 Å². The van der Waals surface area contributed by atoms with Gasteiger partial charge in [-0.05, 0) is 44.9 Å². The lowest BCUT2D eigenvalue weighted by Gasteiger charge is -2.38. The molecule has 1 saturated heterocycles. The second-order valence-corrected chi connectivity index (χ2v) is 8.90. The van der Waals surface area contributed by atoms with Gasteiger partial charge in [0.15, 0.2) is 0 Å². The van der Waals surface area contributed by atoms with Crippen molar-refractivity contribution in [2.45, 2.75) is 63.9 Å². The van der Waals surface area contributed by atoms with Gasteiger partial charge in [0.25, 0.3) is 0 Å². The highest BCUT2D eigenvalue weighted by molar-refractivity contribution is 7.89. The predicted octanol–water partition coefficient (Wildman–Crippen LogP) is 2.92. The summed E-state index contributed by atoms with van der Waals surface area (Å²) < 4.78 is 26.7. The van der Waals surface area contributed by atoms with E-state index in [0.29, 0.717) is 37.4 Å². The molecule has 2 unspecified atom stereocenters. The van der Waals surface area contributed by atoms with Crippen LogP contribution in [0.1, 0.15) is 47.0 Å². The molecule has 26 heavy (non-hydrogen) atoms. The largest absolute Gasteiger partial charge is 0.325 e. The fourth-order valence-corrected chi connectivity index (χ4v) is 5.10. The third kappa shape index (κ3) is 4.84. The van der Waals surface area contributed by atoms with Gasteiger partial charge in [0.2, 0.25) is 15.9 Å². The molecule has 0 aromatic heterocycles. The van der Waals surface area contributed by atoms with Gasteiger partial charge in [-0.1, -0.05) is 26.3 Å². The molecule has 1 aromatic carbocycles. The highest BCUT2D eigenvalue weighted by atomic mass is 32.2. The third-order valence-corrected chi connectivity index (χ3v) is 7.21. The molecule has 0 aliphatic carbocycles. The lowest BCUT2D eigenvalue weighted by Crippen LogP contribution is -2.47. The number of carbonyl (C=O) groups excluding carboxylic acids is 1. The molecule has 1 fully saturated rings. The van der Waals surface area contributed by atoms with Gasteiger partial charge >= 0.3 is 0 Å². The summed E-state index contributed by atoms with van der Waals surface area (Å²) in [6.07, 6.45) is 3.41. The molecule has 1 N–H and O–H groups in total. The third-order valence-electron chi connectivity index (χ3n) is 5.16. The van der Waals surface area contributed by atoms with Gasteiger partial charge < -0.3 is 5.32 Å².